The van der Waals surface area contributed by atoms with Crippen molar-refractivity contribution in [2.45, 2.75) is 6.92 Å². The van der Waals surface area contributed by atoms with Crippen molar-refractivity contribution in [1.82, 2.24) is 0 Å². The highest BCUT2D eigenvalue weighted by Gasteiger charge is 2.24. The van der Waals surface area contributed by atoms with E-state index in [4.69, 9.17) is 9.47 Å². The van der Waals surface area contributed by atoms with Crippen LogP contribution in [0, 0.1) is 12.7 Å². The minimum Gasteiger partial charge on any atom is -0.423 e. The Hall–Kier alpha value is -4.06. The lowest BCUT2D eigenvalue weighted by atomic mass is 10.1. The zero-order chi connectivity index (χ0) is 21.1. The van der Waals surface area contributed by atoms with Gasteiger partial charge in [0.25, 0.3) is 0 Å². The maximum atomic E-state index is 13.3. The van der Waals surface area contributed by atoms with Crippen molar-refractivity contribution in [1.29, 1.82) is 0 Å². The first-order valence-electron chi connectivity index (χ1n) is 9.15. The van der Waals surface area contributed by atoms with Gasteiger partial charge in [0.2, 0.25) is 5.90 Å². The molecule has 1 aliphatic rings. The Kier molecular flexibility index (Phi) is 5.22. The van der Waals surface area contributed by atoms with Gasteiger partial charge in [0.15, 0.2) is 5.70 Å². The molecule has 4 rings (SSSR count). The van der Waals surface area contributed by atoms with Crippen LogP contribution in [0.25, 0.3) is 6.08 Å². The van der Waals surface area contributed by atoms with Crippen molar-refractivity contribution in [3.63, 3.8) is 0 Å². The third-order valence-corrected chi connectivity index (χ3v) is 4.35. The van der Waals surface area contributed by atoms with E-state index in [-0.39, 0.29) is 22.9 Å². The molecule has 3 aromatic rings. The average Bonchev–Trinajstić information content (AvgIpc) is 3.09. The molecule has 148 valence electrons. The molecule has 30 heavy (non-hydrogen) atoms. The van der Waals surface area contributed by atoms with Gasteiger partial charge in [-0.15, -0.1) is 0 Å². The highest BCUT2D eigenvalue weighted by Crippen LogP contribution is 2.22. The summed E-state index contributed by atoms with van der Waals surface area (Å²) in [5, 5.41) is 0. The molecule has 0 atom stereocenters. The maximum Gasteiger partial charge on any atom is 0.363 e. The highest BCUT2D eigenvalue weighted by molar-refractivity contribution is 6.12. The van der Waals surface area contributed by atoms with Crippen LogP contribution in [0.15, 0.2) is 83.5 Å². The molecule has 5 nitrogen and oxygen atoms in total. The van der Waals surface area contributed by atoms with Gasteiger partial charge >= 0.3 is 11.9 Å². The molecular weight excluding hydrogens is 385 g/mol. The van der Waals surface area contributed by atoms with E-state index in [2.05, 4.69) is 4.99 Å². The Morgan fingerprint density at radius 3 is 2.57 bits per heavy atom. The summed E-state index contributed by atoms with van der Waals surface area (Å²) in [6.07, 6.45) is 1.54. The number of carbonyl (C=O) groups is 2. The van der Waals surface area contributed by atoms with E-state index in [1.165, 1.54) is 18.2 Å². The lowest BCUT2D eigenvalue weighted by molar-refractivity contribution is -0.129. The molecule has 0 aromatic heterocycles. The van der Waals surface area contributed by atoms with E-state index in [0.717, 1.165) is 11.6 Å². The van der Waals surface area contributed by atoms with Gasteiger partial charge in [-0.25, -0.2) is 19.0 Å². The largest absolute Gasteiger partial charge is 0.423 e. The summed E-state index contributed by atoms with van der Waals surface area (Å²) in [6, 6.07) is 19.3. The molecule has 0 spiro atoms. The molecular formula is C24H16FNO4. The zero-order valence-corrected chi connectivity index (χ0v) is 16.0. The van der Waals surface area contributed by atoms with Crippen LogP contribution in [0.5, 0.6) is 5.75 Å². The smallest absolute Gasteiger partial charge is 0.363 e. The van der Waals surface area contributed by atoms with Crippen molar-refractivity contribution in [2.24, 2.45) is 4.99 Å². The van der Waals surface area contributed by atoms with Crippen molar-refractivity contribution in [3.05, 3.63) is 107 Å². The predicted molar refractivity (Wildman–Crippen MR) is 110 cm³/mol. The van der Waals surface area contributed by atoms with Gasteiger partial charge in [0.05, 0.1) is 5.56 Å². The summed E-state index contributed by atoms with van der Waals surface area (Å²) in [5.41, 5.74) is 2.63. The number of rotatable bonds is 4. The Morgan fingerprint density at radius 2 is 1.80 bits per heavy atom. The number of aliphatic imine (C=N–C) groups is 1. The molecule has 1 heterocycles. The molecule has 0 saturated heterocycles. The third-order valence-electron chi connectivity index (χ3n) is 4.35. The summed E-state index contributed by atoms with van der Waals surface area (Å²) < 4.78 is 23.9. The van der Waals surface area contributed by atoms with Crippen LogP contribution in [-0.4, -0.2) is 17.8 Å². The van der Waals surface area contributed by atoms with Crippen LogP contribution < -0.4 is 4.74 Å². The zero-order valence-electron chi connectivity index (χ0n) is 16.0. The Labute approximate surface area is 172 Å². The summed E-state index contributed by atoms with van der Waals surface area (Å²) in [6.45, 7) is 1.96. The number of nitrogens with zero attached hydrogens (tertiary/aromatic N) is 1. The van der Waals surface area contributed by atoms with Crippen LogP contribution in [0.4, 0.5) is 4.39 Å². The van der Waals surface area contributed by atoms with Gasteiger partial charge in [-0.3, -0.25) is 0 Å². The fourth-order valence-electron chi connectivity index (χ4n) is 2.84. The lowest BCUT2D eigenvalue weighted by Crippen LogP contribution is -2.08. The third kappa shape index (κ3) is 4.33. The van der Waals surface area contributed by atoms with E-state index in [0.29, 0.717) is 11.1 Å². The summed E-state index contributed by atoms with van der Waals surface area (Å²) in [7, 11) is 0. The molecule has 0 radical (unpaired) electrons. The van der Waals surface area contributed by atoms with Gasteiger partial charge in [0, 0.05) is 5.56 Å². The van der Waals surface area contributed by atoms with Gasteiger partial charge < -0.3 is 9.47 Å². The Bertz CT molecular complexity index is 1200. The first-order chi connectivity index (χ1) is 14.5. The Balaban J connectivity index is 1.55. The standard InChI is InChI=1S/C24H16FNO4/c1-15-8-10-17(11-9-15)22-26-21(24(28)30-22)13-16-4-2-7-20(12-16)29-23(27)18-5-3-6-19(25)14-18/h2-14H,1H3/b21-13+. The monoisotopic (exact) mass is 401 g/mol. The topological polar surface area (TPSA) is 65.0 Å². The highest BCUT2D eigenvalue weighted by atomic mass is 19.1. The minimum atomic E-state index is -0.681. The number of benzene rings is 3. The molecule has 0 saturated carbocycles. The second-order valence-corrected chi connectivity index (χ2v) is 6.67. The first kappa shape index (κ1) is 19.3. The SMILES string of the molecule is Cc1ccc(C2=N/C(=C/c3cccc(OC(=O)c4cccc(F)c4)c3)C(=O)O2)cc1. The number of hydrogen-bond donors (Lipinski definition) is 0. The first-order valence-corrected chi connectivity index (χ1v) is 9.15. The fourth-order valence-corrected chi connectivity index (χ4v) is 2.84. The number of hydrogen-bond acceptors (Lipinski definition) is 5. The molecule has 0 fully saturated rings. The van der Waals surface area contributed by atoms with Crippen LogP contribution >= 0.6 is 0 Å². The normalized spacial score (nSPS) is 14.4. The predicted octanol–water partition coefficient (Wildman–Crippen LogP) is 4.70. The van der Waals surface area contributed by atoms with Gasteiger partial charge in [0.1, 0.15) is 11.6 Å². The lowest BCUT2D eigenvalue weighted by Gasteiger charge is -2.05. The van der Waals surface area contributed by atoms with Crippen LogP contribution in [-0.2, 0) is 9.53 Å². The van der Waals surface area contributed by atoms with E-state index in [1.54, 1.807) is 30.3 Å². The van der Waals surface area contributed by atoms with Crippen LogP contribution in [0.2, 0.25) is 0 Å². The number of cyclic esters (lactones) is 1. The van der Waals surface area contributed by atoms with Gasteiger partial charge in [-0.1, -0.05) is 35.9 Å². The van der Waals surface area contributed by atoms with Gasteiger partial charge in [-0.2, -0.15) is 0 Å². The second-order valence-electron chi connectivity index (χ2n) is 6.67. The second kappa shape index (κ2) is 8.13. The van der Waals surface area contributed by atoms with Crippen molar-refractivity contribution in [3.8, 4) is 5.75 Å². The molecule has 0 N–H and O–H groups in total. The number of aryl methyl sites for hydroxylation is 1. The summed E-state index contributed by atoms with van der Waals surface area (Å²) in [5.74, 6) is -1.27. The minimum absolute atomic E-state index is 0.102. The summed E-state index contributed by atoms with van der Waals surface area (Å²) >= 11 is 0. The van der Waals surface area contributed by atoms with Crippen molar-refractivity contribution in [2.75, 3.05) is 0 Å². The van der Waals surface area contributed by atoms with E-state index in [9.17, 15) is 14.0 Å². The molecule has 1 aliphatic heterocycles. The van der Waals surface area contributed by atoms with Crippen LogP contribution in [0.3, 0.4) is 0 Å². The number of carbonyl (C=O) groups excluding carboxylic acids is 2. The van der Waals surface area contributed by atoms with E-state index >= 15 is 0 Å². The number of ether oxygens (including phenoxy) is 2. The maximum absolute atomic E-state index is 13.3. The number of esters is 2. The molecule has 0 unspecified atom stereocenters. The molecule has 0 aliphatic carbocycles. The van der Waals surface area contributed by atoms with E-state index in [1.807, 2.05) is 31.2 Å². The van der Waals surface area contributed by atoms with E-state index < -0.39 is 17.8 Å². The number of halogens is 1. The molecule has 0 bridgehead atoms. The van der Waals surface area contributed by atoms with Crippen molar-refractivity contribution < 1.29 is 23.5 Å². The molecule has 6 heteroatoms. The van der Waals surface area contributed by atoms with Crippen LogP contribution in [0.1, 0.15) is 27.0 Å². The Morgan fingerprint density at radius 1 is 1.03 bits per heavy atom. The quantitative estimate of drug-likeness (QED) is 0.361. The fraction of sp³-hybridized carbons (Fsp3) is 0.0417. The summed E-state index contributed by atoms with van der Waals surface area (Å²) in [4.78, 5) is 28.6. The molecule has 0 amide bonds. The molecule has 3 aromatic carbocycles. The average molecular weight is 401 g/mol. The van der Waals surface area contributed by atoms with Gasteiger partial charge in [-0.05, 0) is 61.0 Å². The van der Waals surface area contributed by atoms with Crippen molar-refractivity contribution >= 4 is 23.9 Å².